The largest absolute Gasteiger partial charge is 0.419 e. The Morgan fingerprint density at radius 1 is 1.26 bits per heavy atom. The molecule has 0 atom stereocenters. The Morgan fingerprint density at radius 2 is 1.96 bits per heavy atom. The molecular weight excluding hydrogens is 356 g/mol. The molecule has 2 rings (SSSR count). The third kappa shape index (κ3) is 4.58. The Kier molecular flexibility index (Phi) is 6.84. The molecule has 2 aromatic rings. The molecule has 1 aromatic heterocycles. The van der Waals surface area contributed by atoms with Crippen LogP contribution < -0.4 is 5.32 Å². The molecule has 23 heavy (non-hydrogen) atoms. The molecule has 0 spiro atoms. The normalized spacial score (nSPS) is 11.4. The SMILES string of the molecule is CNCc1nnc(SCc2cccc(C(F)(F)F)c2F)n1C.Cl. The average Bonchev–Trinajstić information content (AvgIpc) is 2.78. The van der Waals surface area contributed by atoms with Crippen molar-refractivity contribution >= 4 is 24.2 Å². The molecule has 1 aromatic carbocycles. The molecule has 0 aliphatic heterocycles. The summed E-state index contributed by atoms with van der Waals surface area (Å²) in [6, 6.07) is 3.27. The van der Waals surface area contributed by atoms with Gasteiger partial charge in [-0.2, -0.15) is 13.2 Å². The van der Waals surface area contributed by atoms with Gasteiger partial charge in [0.1, 0.15) is 11.6 Å². The van der Waals surface area contributed by atoms with Crippen molar-refractivity contribution in [2.75, 3.05) is 7.05 Å². The number of nitrogens with one attached hydrogen (secondary N) is 1. The van der Waals surface area contributed by atoms with Crippen molar-refractivity contribution in [3.05, 3.63) is 41.0 Å². The fourth-order valence-electron chi connectivity index (χ4n) is 1.84. The molecule has 10 heteroatoms. The van der Waals surface area contributed by atoms with Crippen LogP contribution in [-0.4, -0.2) is 21.8 Å². The van der Waals surface area contributed by atoms with E-state index >= 15 is 0 Å². The third-order valence-corrected chi connectivity index (χ3v) is 4.07. The van der Waals surface area contributed by atoms with Crippen LogP contribution in [0.15, 0.2) is 23.4 Å². The van der Waals surface area contributed by atoms with Gasteiger partial charge in [-0.1, -0.05) is 23.9 Å². The van der Waals surface area contributed by atoms with E-state index in [4.69, 9.17) is 0 Å². The zero-order valence-electron chi connectivity index (χ0n) is 12.3. The summed E-state index contributed by atoms with van der Waals surface area (Å²) in [6.45, 7) is 0.516. The van der Waals surface area contributed by atoms with Gasteiger partial charge >= 0.3 is 6.18 Å². The smallest absolute Gasteiger partial charge is 0.313 e. The highest BCUT2D eigenvalue weighted by molar-refractivity contribution is 7.98. The first-order valence-electron chi connectivity index (χ1n) is 6.35. The number of rotatable bonds is 5. The van der Waals surface area contributed by atoms with Crippen molar-refractivity contribution in [2.45, 2.75) is 23.6 Å². The third-order valence-electron chi connectivity index (χ3n) is 3.00. The van der Waals surface area contributed by atoms with Crippen LogP contribution >= 0.6 is 24.2 Å². The van der Waals surface area contributed by atoms with E-state index in [-0.39, 0.29) is 23.7 Å². The summed E-state index contributed by atoms with van der Waals surface area (Å²) in [6.07, 6.45) is -4.70. The molecule has 0 radical (unpaired) electrons. The monoisotopic (exact) mass is 370 g/mol. The molecule has 0 amide bonds. The molecule has 4 nitrogen and oxygen atoms in total. The number of hydrogen-bond acceptors (Lipinski definition) is 4. The van der Waals surface area contributed by atoms with E-state index < -0.39 is 17.6 Å². The second kappa shape index (κ2) is 7.98. The van der Waals surface area contributed by atoms with Crippen molar-refractivity contribution < 1.29 is 17.6 Å². The highest BCUT2D eigenvalue weighted by Gasteiger charge is 2.34. The van der Waals surface area contributed by atoms with Gasteiger partial charge in [0, 0.05) is 12.8 Å². The molecule has 0 unspecified atom stereocenters. The van der Waals surface area contributed by atoms with Crippen LogP contribution in [0.4, 0.5) is 17.6 Å². The lowest BCUT2D eigenvalue weighted by Gasteiger charge is -2.10. The van der Waals surface area contributed by atoms with Crippen LogP contribution in [0.2, 0.25) is 0 Å². The Balaban J connectivity index is 0.00000264. The quantitative estimate of drug-likeness (QED) is 0.647. The van der Waals surface area contributed by atoms with Gasteiger partial charge in [-0.25, -0.2) is 4.39 Å². The minimum atomic E-state index is -4.70. The van der Waals surface area contributed by atoms with E-state index in [1.165, 1.54) is 12.1 Å². The fraction of sp³-hybridized carbons (Fsp3) is 0.385. The summed E-state index contributed by atoms with van der Waals surface area (Å²) < 4.78 is 53.6. The Hall–Kier alpha value is -1.32. The topological polar surface area (TPSA) is 42.7 Å². The maximum atomic E-state index is 13.9. The standard InChI is InChI=1S/C13H14F4N4S.ClH/c1-18-6-10-19-20-12(21(10)2)22-7-8-4-3-5-9(11(8)14)13(15,16)17;/h3-5,18H,6-7H2,1-2H3;1H. The minimum Gasteiger partial charge on any atom is -0.313 e. The van der Waals surface area contributed by atoms with Gasteiger partial charge in [0.2, 0.25) is 0 Å². The second-order valence-electron chi connectivity index (χ2n) is 4.55. The number of hydrogen-bond donors (Lipinski definition) is 1. The summed E-state index contributed by atoms with van der Waals surface area (Å²) in [5, 5.41) is 11.3. The molecule has 0 aliphatic carbocycles. The van der Waals surface area contributed by atoms with Gasteiger partial charge in [0.15, 0.2) is 5.16 Å². The molecular formula is C13H15ClF4N4S. The summed E-state index contributed by atoms with van der Waals surface area (Å²) in [5.41, 5.74) is -1.27. The van der Waals surface area contributed by atoms with Crippen LogP contribution in [-0.2, 0) is 25.5 Å². The van der Waals surface area contributed by atoms with E-state index in [0.717, 1.165) is 17.8 Å². The second-order valence-corrected chi connectivity index (χ2v) is 5.50. The Morgan fingerprint density at radius 3 is 2.57 bits per heavy atom. The van der Waals surface area contributed by atoms with Gasteiger partial charge in [-0.15, -0.1) is 22.6 Å². The van der Waals surface area contributed by atoms with Crippen LogP contribution in [0.3, 0.4) is 0 Å². The lowest BCUT2D eigenvalue weighted by molar-refractivity contribution is -0.140. The van der Waals surface area contributed by atoms with Crippen LogP contribution in [0.1, 0.15) is 17.0 Å². The zero-order chi connectivity index (χ0) is 16.3. The first-order valence-corrected chi connectivity index (χ1v) is 7.33. The van der Waals surface area contributed by atoms with Crippen molar-refractivity contribution in [1.29, 1.82) is 0 Å². The highest BCUT2D eigenvalue weighted by atomic mass is 35.5. The highest BCUT2D eigenvalue weighted by Crippen LogP contribution is 2.33. The van der Waals surface area contributed by atoms with Gasteiger partial charge in [0.25, 0.3) is 0 Å². The first-order chi connectivity index (χ1) is 10.3. The molecule has 1 heterocycles. The van der Waals surface area contributed by atoms with E-state index in [2.05, 4.69) is 15.5 Å². The maximum Gasteiger partial charge on any atom is 0.419 e. The van der Waals surface area contributed by atoms with E-state index in [1.54, 1.807) is 18.7 Å². The van der Waals surface area contributed by atoms with Crippen molar-refractivity contribution in [1.82, 2.24) is 20.1 Å². The van der Waals surface area contributed by atoms with E-state index in [0.29, 0.717) is 17.5 Å². The first kappa shape index (κ1) is 19.7. The molecule has 0 bridgehead atoms. The van der Waals surface area contributed by atoms with Gasteiger partial charge in [0.05, 0.1) is 12.1 Å². The summed E-state index contributed by atoms with van der Waals surface area (Å²) >= 11 is 1.13. The molecule has 0 saturated heterocycles. The molecule has 0 saturated carbocycles. The predicted molar refractivity (Wildman–Crippen MR) is 82.0 cm³/mol. The number of halogens is 5. The number of aromatic nitrogens is 3. The summed E-state index contributed by atoms with van der Waals surface area (Å²) in [5.74, 6) is -0.504. The molecule has 1 N–H and O–H groups in total. The number of thioether (sulfide) groups is 1. The molecule has 0 aliphatic rings. The van der Waals surface area contributed by atoms with Gasteiger partial charge in [-0.05, 0) is 18.7 Å². The van der Waals surface area contributed by atoms with Crippen molar-refractivity contribution in [2.24, 2.45) is 7.05 Å². The van der Waals surface area contributed by atoms with Crippen LogP contribution in [0, 0.1) is 5.82 Å². The van der Waals surface area contributed by atoms with Crippen LogP contribution in [0.5, 0.6) is 0 Å². The summed E-state index contributed by atoms with van der Waals surface area (Å²) in [7, 11) is 3.51. The van der Waals surface area contributed by atoms with Gasteiger partial charge < -0.3 is 9.88 Å². The van der Waals surface area contributed by atoms with Crippen molar-refractivity contribution in [3.8, 4) is 0 Å². The fourth-order valence-corrected chi connectivity index (χ4v) is 2.74. The average molecular weight is 371 g/mol. The van der Waals surface area contributed by atoms with E-state index in [1.807, 2.05) is 0 Å². The Labute approximate surface area is 141 Å². The predicted octanol–water partition coefficient (Wildman–Crippen LogP) is 3.41. The summed E-state index contributed by atoms with van der Waals surface area (Å²) in [4.78, 5) is 0. The van der Waals surface area contributed by atoms with E-state index in [9.17, 15) is 17.6 Å². The Bertz CT molecular complexity index is 660. The van der Waals surface area contributed by atoms with Gasteiger partial charge in [-0.3, -0.25) is 0 Å². The van der Waals surface area contributed by atoms with Crippen molar-refractivity contribution in [3.63, 3.8) is 0 Å². The minimum absolute atomic E-state index is 0. The molecule has 0 fully saturated rings. The number of alkyl halides is 3. The molecule has 128 valence electrons. The number of benzene rings is 1. The zero-order valence-corrected chi connectivity index (χ0v) is 13.9. The lowest BCUT2D eigenvalue weighted by atomic mass is 10.1. The lowest BCUT2D eigenvalue weighted by Crippen LogP contribution is -2.11. The van der Waals surface area contributed by atoms with Crippen LogP contribution in [0.25, 0.3) is 0 Å². The number of nitrogens with zero attached hydrogens (tertiary/aromatic N) is 3. The maximum absolute atomic E-state index is 13.9.